The Morgan fingerprint density at radius 3 is 2.94 bits per heavy atom. The Morgan fingerprint density at radius 2 is 2.22 bits per heavy atom. The van der Waals surface area contributed by atoms with Crippen LogP contribution in [-0.2, 0) is 4.74 Å². The zero-order chi connectivity index (χ0) is 12.5. The molecule has 2 aromatic rings. The quantitative estimate of drug-likeness (QED) is 0.818. The van der Waals surface area contributed by atoms with Gasteiger partial charge in [-0.15, -0.1) is 10.2 Å². The first-order chi connectivity index (χ1) is 8.79. The molecule has 18 heavy (non-hydrogen) atoms. The molecule has 0 spiro atoms. The highest BCUT2D eigenvalue weighted by molar-refractivity contribution is 7.16. The molecule has 0 saturated carbocycles. The summed E-state index contributed by atoms with van der Waals surface area (Å²) in [7, 11) is 0. The predicted molar refractivity (Wildman–Crippen MR) is 65.5 cm³/mol. The first-order valence-corrected chi connectivity index (χ1v) is 6.77. The van der Waals surface area contributed by atoms with Crippen molar-refractivity contribution >= 4 is 16.3 Å². The SMILES string of the molecule is NC(CO)c1nn2c(C3CCOCC3)nnc2s1. The third-order valence-electron chi connectivity index (χ3n) is 3.13. The number of aliphatic hydroxyl groups excluding tert-OH is 1. The largest absolute Gasteiger partial charge is 0.394 e. The molecule has 0 amide bonds. The summed E-state index contributed by atoms with van der Waals surface area (Å²) in [5.74, 6) is 1.22. The molecule has 3 rings (SSSR count). The van der Waals surface area contributed by atoms with Crippen LogP contribution in [0, 0.1) is 0 Å². The Labute approximate surface area is 108 Å². The van der Waals surface area contributed by atoms with Gasteiger partial charge in [-0.1, -0.05) is 11.3 Å². The average Bonchev–Trinajstić information content (AvgIpc) is 2.98. The van der Waals surface area contributed by atoms with Crippen molar-refractivity contribution in [2.24, 2.45) is 5.73 Å². The van der Waals surface area contributed by atoms with Crippen LogP contribution in [0.15, 0.2) is 0 Å². The summed E-state index contributed by atoms with van der Waals surface area (Å²) in [5.41, 5.74) is 5.76. The Balaban J connectivity index is 1.94. The molecule has 1 saturated heterocycles. The highest BCUT2D eigenvalue weighted by Gasteiger charge is 2.24. The van der Waals surface area contributed by atoms with Crippen molar-refractivity contribution in [2.45, 2.75) is 24.8 Å². The van der Waals surface area contributed by atoms with Crippen molar-refractivity contribution in [3.63, 3.8) is 0 Å². The van der Waals surface area contributed by atoms with Gasteiger partial charge < -0.3 is 15.6 Å². The molecule has 0 aromatic carbocycles. The molecular formula is C10H15N5O2S. The van der Waals surface area contributed by atoms with Crippen molar-refractivity contribution < 1.29 is 9.84 Å². The second kappa shape index (κ2) is 4.88. The summed E-state index contributed by atoms with van der Waals surface area (Å²) in [6.07, 6.45) is 1.89. The van der Waals surface area contributed by atoms with E-state index in [9.17, 15) is 0 Å². The molecule has 0 radical (unpaired) electrons. The van der Waals surface area contributed by atoms with Gasteiger partial charge in [-0.2, -0.15) is 9.61 Å². The van der Waals surface area contributed by atoms with Crippen LogP contribution in [0.3, 0.4) is 0 Å². The van der Waals surface area contributed by atoms with Crippen molar-refractivity contribution in [1.29, 1.82) is 0 Å². The third-order valence-corrected chi connectivity index (χ3v) is 4.16. The lowest BCUT2D eigenvalue weighted by Crippen LogP contribution is -2.17. The zero-order valence-corrected chi connectivity index (χ0v) is 10.6. The van der Waals surface area contributed by atoms with Crippen LogP contribution >= 0.6 is 11.3 Å². The van der Waals surface area contributed by atoms with Crippen molar-refractivity contribution in [1.82, 2.24) is 19.8 Å². The van der Waals surface area contributed by atoms with Crippen LogP contribution in [0.25, 0.3) is 4.96 Å². The Kier molecular flexibility index (Phi) is 3.25. The molecule has 0 aliphatic carbocycles. The van der Waals surface area contributed by atoms with Crippen LogP contribution < -0.4 is 5.73 Å². The fourth-order valence-corrected chi connectivity index (χ4v) is 2.92. The highest BCUT2D eigenvalue weighted by Crippen LogP contribution is 2.27. The van der Waals surface area contributed by atoms with E-state index in [0.717, 1.165) is 36.8 Å². The van der Waals surface area contributed by atoms with Gasteiger partial charge in [0.15, 0.2) is 5.82 Å². The summed E-state index contributed by atoms with van der Waals surface area (Å²) in [4.78, 5) is 0.732. The monoisotopic (exact) mass is 269 g/mol. The van der Waals surface area contributed by atoms with E-state index in [1.807, 2.05) is 0 Å². The number of nitrogens with zero attached hydrogens (tertiary/aromatic N) is 4. The van der Waals surface area contributed by atoms with Gasteiger partial charge in [-0.25, -0.2) is 0 Å². The molecule has 1 aliphatic heterocycles. The second-order valence-electron chi connectivity index (χ2n) is 4.37. The summed E-state index contributed by atoms with van der Waals surface area (Å²) in [6.45, 7) is 1.40. The van der Waals surface area contributed by atoms with Gasteiger partial charge in [-0.3, -0.25) is 0 Å². The van der Waals surface area contributed by atoms with Crippen molar-refractivity contribution in [3.05, 3.63) is 10.8 Å². The molecule has 2 aromatic heterocycles. The van der Waals surface area contributed by atoms with E-state index in [1.165, 1.54) is 11.3 Å². The van der Waals surface area contributed by atoms with Gasteiger partial charge in [0, 0.05) is 19.1 Å². The lowest BCUT2D eigenvalue weighted by molar-refractivity contribution is 0.0831. The zero-order valence-electron chi connectivity index (χ0n) is 9.82. The molecule has 1 fully saturated rings. The number of aliphatic hydroxyl groups is 1. The van der Waals surface area contributed by atoms with Crippen LogP contribution in [0.1, 0.15) is 35.6 Å². The van der Waals surface area contributed by atoms with Gasteiger partial charge >= 0.3 is 0 Å². The maximum Gasteiger partial charge on any atom is 0.234 e. The molecule has 1 unspecified atom stereocenters. The van der Waals surface area contributed by atoms with Crippen LogP contribution in [-0.4, -0.2) is 44.7 Å². The minimum absolute atomic E-state index is 0.114. The van der Waals surface area contributed by atoms with Crippen LogP contribution in [0.5, 0.6) is 0 Å². The molecular weight excluding hydrogens is 254 g/mol. The van der Waals surface area contributed by atoms with E-state index in [-0.39, 0.29) is 6.61 Å². The Hall–Kier alpha value is -1.09. The van der Waals surface area contributed by atoms with Crippen molar-refractivity contribution in [3.8, 4) is 0 Å². The molecule has 98 valence electrons. The van der Waals surface area contributed by atoms with Gasteiger partial charge in [-0.05, 0) is 12.8 Å². The van der Waals surface area contributed by atoms with Crippen LogP contribution in [0.4, 0.5) is 0 Å². The minimum atomic E-state index is -0.445. The maximum absolute atomic E-state index is 9.05. The smallest absolute Gasteiger partial charge is 0.234 e. The fraction of sp³-hybridized carbons (Fsp3) is 0.700. The van der Waals surface area contributed by atoms with Gasteiger partial charge in [0.25, 0.3) is 0 Å². The number of hydrogen-bond acceptors (Lipinski definition) is 7. The topological polar surface area (TPSA) is 98.6 Å². The minimum Gasteiger partial charge on any atom is -0.394 e. The second-order valence-corrected chi connectivity index (χ2v) is 5.36. The first-order valence-electron chi connectivity index (χ1n) is 5.96. The van der Waals surface area contributed by atoms with Gasteiger partial charge in [0.05, 0.1) is 12.6 Å². The third kappa shape index (κ3) is 2.01. The molecule has 7 nitrogen and oxygen atoms in total. The number of ether oxygens (including phenoxy) is 1. The van der Waals surface area contributed by atoms with E-state index < -0.39 is 6.04 Å². The summed E-state index contributed by atoms with van der Waals surface area (Å²) in [6, 6.07) is -0.445. The molecule has 3 N–H and O–H groups in total. The highest BCUT2D eigenvalue weighted by atomic mass is 32.1. The standard InChI is InChI=1S/C10H15N5O2S/c11-7(5-16)9-14-15-8(12-13-10(15)18-9)6-1-3-17-4-2-6/h6-7,16H,1-5,11H2. The lowest BCUT2D eigenvalue weighted by Gasteiger charge is -2.19. The van der Waals surface area contributed by atoms with E-state index in [0.29, 0.717) is 10.9 Å². The summed E-state index contributed by atoms with van der Waals surface area (Å²) in [5, 5.41) is 22.5. The molecule has 1 atom stereocenters. The summed E-state index contributed by atoms with van der Waals surface area (Å²) < 4.78 is 7.10. The number of nitrogens with two attached hydrogens (primary N) is 1. The molecule has 1 aliphatic rings. The van der Waals surface area contributed by atoms with E-state index in [1.54, 1.807) is 4.52 Å². The number of hydrogen-bond donors (Lipinski definition) is 2. The first kappa shape index (κ1) is 12.0. The van der Waals surface area contributed by atoms with Gasteiger partial charge in [0.2, 0.25) is 4.96 Å². The predicted octanol–water partition coefficient (Wildman–Crippen LogP) is 0.0719. The molecule has 0 bridgehead atoms. The number of rotatable bonds is 3. The Bertz CT molecular complexity index is 533. The number of aromatic nitrogens is 4. The number of fused-ring (bicyclic) bond motifs is 1. The Morgan fingerprint density at radius 1 is 1.44 bits per heavy atom. The van der Waals surface area contributed by atoms with E-state index in [4.69, 9.17) is 15.6 Å². The molecule has 3 heterocycles. The van der Waals surface area contributed by atoms with Crippen molar-refractivity contribution in [2.75, 3.05) is 19.8 Å². The normalized spacial score (nSPS) is 19.4. The van der Waals surface area contributed by atoms with E-state index >= 15 is 0 Å². The van der Waals surface area contributed by atoms with Gasteiger partial charge in [0.1, 0.15) is 5.01 Å². The summed E-state index contributed by atoms with van der Waals surface area (Å²) >= 11 is 1.38. The average molecular weight is 269 g/mol. The lowest BCUT2D eigenvalue weighted by atomic mass is 10.00. The maximum atomic E-state index is 9.05. The fourth-order valence-electron chi connectivity index (χ4n) is 2.09. The van der Waals surface area contributed by atoms with E-state index in [2.05, 4.69) is 15.3 Å². The molecule has 8 heteroatoms. The van der Waals surface area contributed by atoms with Crippen LogP contribution in [0.2, 0.25) is 0 Å².